The lowest BCUT2D eigenvalue weighted by Crippen LogP contribution is -2.26. The fourth-order valence-corrected chi connectivity index (χ4v) is 2.34. The number of nitrogens with zero attached hydrogens (tertiary/aromatic N) is 1. The lowest BCUT2D eigenvalue weighted by atomic mass is 10.2. The molecule has 0 atom stereocenters. The number of hydrogen-bond acceptors (Lipinski definition) is 3. The van der Waals surface area contributed by atoms with Crippen molar-refractivity contribution in [1.82, 2.24) is 10.2 Å². The summed E-state index contributed by atoms with van der Waals surface area (Å²) in [4.78, 5) is 14.9. The number of hydrogen-bond donors (Lipinski definition) is 1. The molecule has 0 aromatic heterocycles. The summed E-state index contributed by atoms with van der Waals surface area (Å²) in [7, 11) is 4.13. The molecule has 19 heavy (non-hydrogen) atoms. The maximum Gasteiger partial charge on any atom is 0.230 e. The number of aryl methyl sites for hydroxylation is 1. The first-order valence-electron chi connectivity index (χ1n) is 6.69. The summed E-state index contributed by atoms with van der Waals surface area (Å²) < 4.78 is 0. The van der Waals surface area contributed by atoms with Crippen LogP contribution in [-0.2, 0) is 4.79 Å². The maximum atomic E-state index is 11.6. The molecular weight excluding hydrogens is 256 g/mol. The van der Waals surface area contributed by atoms with Gasteiger partial charge in [0.2, 0.25) is 5.91 Å². The number of carbonyl (C=O) groups excluding carboxylic acids is 1. The number of amides is 1. The molecule has 106 valence electrons. The molecule has 0 saturated heterocycles. The Labute approximate surface area is 120 Å². The fourth-order valence-electron chi connectivity index (χ4n) is 1.62. The SMILES string of the molecule is Cc1ccc(SCC(=O)NCCCCN(C)C)cc1. The summed E-state index contributed by atoms with van der Waals surface area (Å²) in [6.45, 7) is 3.92. The quantitative estimate of drug-likeness (QED) is 0.587. The smallest absolute Gasteiger partial charge is 0.230 e. The van der Waals surface area contributed by atoms with Gasteiger partial charge in [0, 0.05) is 11.4 Å². The van der Waals surface area contributed by atoms with Gasteiger partial charge in [0.1, 0.15) is 0 Å². The number of rotatable bonds is 8. The van der Waals surface area contributed by atoms with Crippen LogP contribution in [0.15, 0.2) is 29.2 Å². The van der Waals surface area contributed by atoms with Crippen molar-refractivity contribution >= 4 is 17.7 Å². The Morgan fingerprint density at radius 2 is 1.89 bits per heavy atom. The highest BCUT2D eigenvalue weighted by molar-refractivity contribution is 8.00. The molecule has 1 aromatic rings. The van der Waals surface area contributed by atoms with Crippen LogP contribution in [0, 0.1) is 6.92 Å². The summed E-state index contributed by atoms with van der Waals surface area (Å²) in [6, 6.07) is 8.26. The average Bonchev–Trinajstić information content (AvgIpc) is 2.37. The molecule has 0 bridgehead atoms. The van der Waals surface area contributed by atoms with Crippen molar-refractivity contribution in [2.45, 2.75) is 24.7 Å². The second kappa shape index (κ2) is 8.99. The monoisotopic (exact) mass is 280 g/mol. The molecule has 4 heteroatoms. The summed E-state index contributed by atoms with van der Waals surface area (Å²) >= 11 is 1.59. The molecule has 0 radical (unpaired) electrons. The molecule has 0 heterocycles. The fraction of sp³-hybridized carbons (Fsp3) is 0.533. The van der Waals surface area contributed by atoms with E-state index in [1.165, 1.54) is 5.56 Å². The zero-order valence-corrected chi connectivity index (χ0v) is 12.9. The van der Waals surface area contributed by atoms with Gasteiger partial charge < -0.3 is 10.2 Å². The summed E-state index contributed by atoms with van der Waals surface area (Å²) in [5.41, 5.74) is 1.25. The Kier molecular flexibility index (Phi) is 7.60. The lowest BCUT2D eigenvalue weighted by molar-refractivity contribution is -0.118. The van der Waals surface area contributed by atoms with Crippen LogP contribution in [0.25, 0.3) is 0 Å². The standard InChI is InChI=1S/C15H24N2OS/c1-13-6-8-14(9-7-13)19-12-15(18)16-10-4-5-11-17(2)3/h6-9H,4-5,10-12H2,1-3H3,(H,16,18). The molecule has 3 nitrogen and oxygen atoms in total. The number of carbonyl (C=O) groups is 1. The Bertz CT molecular complexity index is 376. The number of unbranched alkanes of at least 4 members (excludes halogenated alkanes) is 1. The molecule has 1 rings (SSSR count). The highest BCUT2D eigenvalue weighted by Gasteiger charge is 2.02. The number of thioether (sulfide) groups is 1. The zero-order chi connectivity index (χ0) is 14.1. The van der Waals surface area contributed by atoms with E-state index in [0.29, 0.717) is 5.75 Å². The van der Waals surface area contributed by atoms with Gasteiger partial charge in [-0.15, -0.1) is 11.8 Å². The van der Waals surface area contributed by atoms with Gasteiger partial charge in [0.15, 0.2) is 0 Å². The predicted molar refractivity (Wildman–Crippen MR) is 82.7 cm³/mol. The first-order chi connectivity index (χ1) is 9.08. The summed E-state index contributed by atoms with van der Waals surface area (Å²) in [5, 5.41) is 2.96. The molecule has 0 spiro atoms. The highest BCUT2D eigenvalue weighted by atomic mass is 32.2. The van der Waals surface area contributed by atoms with Gasteiger partial charge in [-0.05, 0) is 52.5 Å². The molecule has 0 aliphatic carbocycles. The Balaban J connectivity index is 2.09. The second-order valence-corrected chi connectivity index (χ2v) is 6.01. The van der Waals surface area contributed by atoms with Gasteiger partial charge >= 0.3 is 0 Å². The first-order valence-corrected chi connectivity index (χ1v) is 7.67. The van der Waals surface area contributed by atoms with Gasteiger partial charge in [0.25, 0.3) is 0 Å². The predicted octanol–water partition coefficient (Wildman–Crippen LogP) is 2.55. The van der Waals surface area contributed by atoms with Crippen LogP contribution in [0.4, 0.5) is 0 Å². The minimum Gasteiger partial charge on any atom is -0.355 e. The van der Waals surface area contributed by atoms with Crippen molar-refractivity contribution in [2.75, 3.05) is 32.9 Å². The second-order valence-electron chi connectivity index (χ2n) is 4.96. The Hall–Kier alpha value is -1.00. The van der Waals surface area contributed by atoms with E-state index in [1.54, 1.807) is 11.8 Å². The van der Waals surface area contributed by atoms with E-state index in [4.69, 9.17) is 0 Å². The van der Waals surface area contributed by atoms with E-state index in [0.717, 1.165) is 30.8 Å². The molecule has 0 fully saturated rings. The van der Waals surface area contributed by atoms with Crippen LogP contribution in [0.2, 0.25) is 0 Å². The molecule has 0 aliphatic heterocycles. The topological polar surface area (TPSA) is 32.3 Å². The van der Waals surface area contributed by atoms with Gasteiger partial charge in [-0.2, -0.15) is 0 Å². The third-order valence-corrected chi connectivity index (χ3v) is 3.76. The van der Waals surface area contributed by atoms with Gasteiger partial charge in [-0.25, -0.2) is 0 Å². The average molecular weight is 280 g/mol. The molecule has 1 aromatic carbocycles. The molecule has 0 saturated carbocycles. The van der Waals surface area contributed by atoms with Crippen molar-refractivity contribution < 1.29 is 4.79 Å². The number of nitrogens with one attached hydrogen (secondary N) is 1. The highest BCUT2D eigenvalue weighted by Crippen LogP contribution is 2.17. The van der Waals surface area contributed by atoms with Crippen molar-refractivity contribution in [2.24, 2.45) is 0 Å². The van der Waals surface area contributed by atoms with Gasteiger partial charge in [-0.3, -0.25) is 4.79 Å². The van der Waals surface area contributed by atoms with E-state index >= 15 is 0 Å². The largest absolute Gasteiger partial charge is 0.355 e. The lowest BCUT2D eigenvalue weighted by Gasteiger charge is -2.09. The van der Waals surface area contributed by atoms with Crippen molar-refractivity contribution in [3.8, 4) is 0 Å². The van der Waals surface area contributed by atoms with Crippen LogP contribution in [-0.4, -0.2) is 43.7 Å². The normalized spacial score (nSPS) is 10.7. The zero-order valence-electron chi connectivity index (χ0n) is 12.1. The van der Waals surface area contributed by atoms with Gasteiger partial charge in [-0.1, -0.05) is 17.7 Å². The molecule has 1 amide bonds. The van der Waals surface area contributed by atoms with Crippen LogP contribution >= 0.6 is 11.8 Å². The molecule has 0 aliphatic rings. The van der Waals surface area contributed by atoms with E-state index in [-0.39, 0.29) is 5.91 Å². The molecule has 0 unspecified atom stereocenters. The van der Waals surface area contributed by atoms with Crippen LogP contribution in [0.1, 0.15) is 18.4 Å². The van der Waals surface area contributed by atoms with Crippen LogP contribution < -0.4 is 5.32 Å². The Morgan fingerprint density at radius 3 is 2.53 bits per heavy atom. The van der Waals surface area contributed by atoms with Crippen molar-refractivity contribution in [1.29, 1.82) is 0 Å². The van der Waals surface area contributed by atoms with Crippen LogP contribution in [0.3, 0.4) is 0 Å². The first kappa shape index (κ1) is 16.1. The summed E-state index contributed by atoms with van der Waals surface area (Å²) in [5.74, 6) is 0.618. The number of benzene rings is 1. The minimum absolute atomic E-state index is 0.121. The van der Waals surface area contributed by atoms with Crippen molar-refractivity contribution in [3.05, 3.63) is 29.8 Å². The summed E-state index contributed by atoms with van der Waals surface area (Å²) in [6.07, 6.45) is 2.16. The van der Waals surface area contributed by atoms with Crippen LogP contribution in [0.5, 0.6) is 0 Å². The van der Waals surface area contributed by atoms with Crippen molar-refractivity contribution in [3.63, 3.8) is 0 Å². The van der Waals surface area contributed by atoms with E-state index in [9.17, 15) is 4.79 Å². The third kappa shape index (κ3) is 7.90. The maximum absolute atomic E-state index is 11.6. The third-order valence-electron chi connectivity index (χ3n) is 2.75. The molecular formula is C15H24N2OS. The van der Waals surface area contributed by atoms with E-state index in [2.05, 4.69) is 55.5 Å². The molecule has 1 N–H and O–H groups in total. The van der Waals surface area contributed by atoms with E-state index < -0.39 is 0 Å². The van der Waals surface area contributed by atoms with Gasteiger partial charge in [0.05, 0.1) is 5.75 Å². The minimum atomic E-state index is 0.121. The van der Waals surface area contributed by atoms with E-state index in [1.807, 2.05) is 0 Å². The Morgan fingerprint density at radius 1 is 1.21 bits per heavy atom.